The van der Waals surface area contributed by atoms with Crippen LogP contribution in [0.3, 0.4) is 0 Å². The summed E-state index contributed by atoms with van der Waals surface area (Å²) in [6, 6.07) is 11.3. The Bertz CT molecular complexity index is 2010. The van der Waals surface area contributed by atoms with Crippen molar-refractivity contribution < 1.29 is 13.9 Å². The fourth-order valence-corrected chi connectivity index (χ4v) is 8.11. The Kier molecular flexibility index (Phi) is 7.68. The number of aryl methyl sites for hydroxylation is 1. The largest absolute Gasteiger partial charge is 0.378 e. The predicted octanol–water partition coefficient (Wildman–Crippen LogP) is 5.01. The summed E-state index contributed by atoms with van der Waals surface area (Å²) in [6.07, 6.45) is 5.39. The first-order valence-corrected chi connectivity index (χ1v) is 17.2. The van der Waals surface area contributed by atoms with Gasteiger partial charge in [0.1, 0.15) is 23.0 Å². The van der Waals surface area contributed by atoms with Crippen LogP contribution in [0.25, 0.3) is 11.1 Å². The normalized spacial score (nSPS) is 20.7. The second-order valence-electron chi connectivity index (χ2n) is 14.9. The number of piperazine rings is 1. The highest BCUT2D eigenvalue weighted by Crippen LogP contribution is 2.40. The summed E-state index contributed by atoms with van der Waals surface area (Å²) in [6.45, 7) is 16.6. The molecule has 2 saturated heterocycles. The van der Waals surface area contributed by atoms with Gasteiger partial charge in [0.15, 0.2) is 0 Å². The molecule has 4 aliphatic rings. The number of hydrogen-bond donors (Lipinski definition) is 1. The number of halogens is 1. The Morgan fingerprint density at radius 1 is 1.04 bits per heavy atom. The van der Waals surface area contributed by atoms with Crippen LogP contribution in [-0.2, 0) is 31.2 Å². The maximum Gasteiger partial charge on any atom is 0.274 e. The van der Waals surface area contributed by atoms with Crippen LogP contribution < -0.4 is 20.7 Å². The third kappa shape index (κ3) is 5.62. The molecule has 1 aliphatic carbocycles. The molecule has 2 fully saturated rings. The molecule has 6 heterocycles. The number of fused-ring (bicyclic) bond motifs is 3. The van der Waals surface area contributed by atoms with Crippen LogP contribution in [0.5, 0.6) is 0 Å². The van der Waals surface area contributed by atoms with Crippen molar-refractivity contribution in [3.63, 3.8) is 0 Å². The SMILES string of the molecule is [CH2]c1c(-c2cc(Nc3ccc(N4CCN(C5COC5)C[C@@H]4C)cn3)c(=O)n(C)c2)cc(F)cc1N1CCn2c(cc3c2CC(C)(C)C3)C1=O. The van der Waals surface area contributed by atoms with Gasteiger partial charge in [0.05, 0.1) is 36.8 Å². The molecule has 0 saturated carbocycles. The lowest BCUT2D eigenvalue weighted by atomic mass is 9.90. The number of anilines is 4. The number of ether oxygens (including phenoxy) is 1. The lowest BCUT2D eigenvalue weighted by Gasteiger charge is -2.46. The number of nitrogens with one attached hydrogen (secondary N) is 1. The highest BCUT2D eigenvalue weighted by atomic mass is 19.1. The average Bonchev–Trinajstić information content (AvgIpc) is 3.52. The van der Waals surface area contributed by atoms with Gasteiger partial charge in [0, 0.05) is 63.3 Å². The van der Waals surface area contributed by atoms with Gasteiger partial charge >= 0.3 is 0 Å². The Morgan fingerprint density at radius 3 is 2.57 bits per heavy atom. The summed E-state index contributed by atoms with van der Waals surface area (Å²) in [5.41, 5.74) is 6.46. The van der Waals surface area contributed by atoms with Crippen molar-refractivity contribution in [2.24, 2.45) is 12.5 Å². The molecule has 1 atom stereocenters. The van der Waals surface area contributed by atoms with Crippen molar-refractivity contribution in [3.8, 4) is 11.1 Å². The van der Waals surface area contributed by atoms with E-state index in [0.29, 0.717) is 64.8 Å². The molecule has 1 radical (unpaired) electrons. The van der Waals surface area contributed by atoms with Crippen molar-refractivity contribution in [2.75, 3.05) is 54.5 Å². The quantitative estimate of drug-likeness (QED) is 0.310. The molecule has 49 heavy (non-hydrogen) atoms. The summed E-state index contributed by atoms with van der Waals surface area (Å²) in [7, 11) is 1.66. The van der Waals surface area contributed by atoms with Gasteiger partial charge in [0.2, 0.25) is 0 Å². The van der Waals surface area contributed by atoms with Gasteiger partial charge < -0.3 is 29.0 Å². The van der Waals surface area contributed by atoms with Crippen molar-refractivity contribution in [1.29, 1.82) is 0 Å². The Labute approximate surface area is 286 Å². The molecular weight excluding hydrogens is 621 g/mol. The number of rotatable bonds is 6. The van der Waals surface area contributed by atoms with Crippen molar-refractivity contribution in [1.82, 2.24) is 19.0 Å². The number of pyridine rings is 2. The number of amides is 1. The summed E-state index contributed by atoms with van der Waals surface area (Å²) in [4.78, 5) is 38.2. The van der Waals surface area contributed by atoms with Gasteiger partial charge in [-0.1, -0.05) is 13.8 Å². The van der Waals surface area contributed by atoms with Crippen LogP contribution >= 0.6 is 0 Å². The van der Waals surface area contributed by atoms with Crippen LogP contribution in [0.15, 0.2) is 53.6 Å². The van der Waals surface area contributed by atoms with Crippen LogP contribution in [0.4, 0.5) is 27.3 Å². The van der Waals surface area contributed by atoms with Crippen LogP contribution in [0.2, 0.25) is 0 Å². The average molecular weight is 665 g/mol. The molecule has 1 N–H and O–H groups in total. The zero-order valence-electron chi connectivity index (χ0n) is 28.6. The minimum Gasteiger partial charge on any atom is -0.378 e. The number of carbonyl (C=O) groups excluding carboxylic acids is 1. The van der Waals surface area contributed by atoms with Crippen LogP contribution in [-0.4, -0.2) is 76.4 Å². The minimum absolute atomic E-state index is 0.151. The third-order valence-corrected chi connectivity index (χ3v) is 10.7. The van der Waals surface area contributed by atoms with Crippen molar-refractivity contribution in [2.45, 2.75) is 52.2 Å². The highest BCUT2D eigenvalue weighted by Gasteiger charge is 2.37. The predicted molar refractivity (Wildman–Crippen MR) is 189 cm³/mol. The van der Waals surface area contributed by atoms with Crippen LogP contribution in [0.1, 0.15) is 48.1 Å². The van der Waals surface area contributed by atoms with E-state index < -0.39 is 5.82 Å². The number of aromatic nitrogens is 3. The van der Waals surface area contributed by atoms with E-state index in [1.54, 1.807) is 24.2 Å². The van der Waals surface area contributed by atoms with Gasteiger partial charge in [-0.3, -0.25) is 14.5 Å². The van der Waals surface area contributed by atoms with Gasteiger partial charge in [-0.2, -0.15) is 0 Å². The van der Waals surface area contributed by atoms with E-state index in [2.05, 4.69) is 52.4 Å². The van der Waals surface area contributed by atoms with Gasteiger partial charge in [-0.05, 0) is 85.2 Å². The van der Waals surface area contributed by atoms with Crippen molar-refractivity contribution >= 4 is 28.8 Å². The molecule has 1 aromatic carbocycles. The summed E-state index contributed by atoms with van der Waals surface area (Å²) >= 11 is 0. The molecule has 3 aromatic heterocycles. The number of nitrogens with zero attached hydrogens (tertiary/aromatic N) is 6. The fourth-order valence-electron chi connectivity index (χ4n) is 8.11. The van der Waals surface area contributed by atoms with Crippen molar-refractivity contribution in [3.05, 3.63) is 94.4 Å². The molecule has 3 aliphatic heterocycles. The fraction of sp³-hybridized carbons (Fsp3) is 0.421. The Morgan fingerprint density at radius 2 is 1.86 bits per heavy atom. The molecule has 255 valence electrons. The second-order valence-corrected chi connectivity index (χ2v) is 14.9. The van der Waals surface area contributed by atoms with E-state index in [4.69, 9.17) is 4.74 Å². The lowest BCUT2D eigenvalue weighted by Crippen LogP contribution is -2.59. The topological polar surface area (TPSA) is 87.9 Å². The van der Waals surface area contributed by atoms with E-state index in [9.17, 15) is 9.59 Å². The zero-order chi connectivity index (χ0) is 34.2. The van der Waals surface area contributed by atoms with Crippen LogP contribution in [0, 0.1) is 18.2 Å². The molecule has 0 unspecified atom stereocenters. The summed E-state index contributed by atoms with van der Waals surface area (Å²) in [5, 5.41) is 3.19. The van der Waals surface area contributed by atoms with Gasteiger partial charge in [0.25, 0.3) is 11.5 Å². The maximum atomic E-state index is 15.3. The molecular formula is C38H43FN7O3. The first-order chi connectivity index (χ1) is 23.5. The van der Waals surface area contributed by atoms with E-state index in [-0.39, 0.29) is 16.9 Å². The molecule has 8 rings (SSSR count). The Hall–Kier alpha value is -4.48. The Balaban J connectivity index is 1.04. The van der Waals surface area contributed by atoms with Gasteiger partial charge in [-0.15, -0.1) is 0 Å². The highest BCUT2D eigenvalue weighted by molar-refractivity contribution is 6.07. The third-order valence-electron chi connectivity index (χ3n) is 10.7. The maximum absolute atomic E-state index is 15.3. The van der Waals surface area contributed by atoms with E-state index >= 15 is 4.39 Å². The molecule has 10 nitrogen and oxygen atoms in total. The minimum atomic E-state index is -0.480. The zero-order valence-corrected chi connectivity index (χ0v) is 28.6. The lowest BCUT2D eigenvalue weighted by molar-refractivity contribution is -0.0691. The van der Waals surface area contributed by atoms with Gasteiger partial charge in [-0.25, -0.2) is 9.37 Å². The first kappa shape index (κ1) is 31.8. The number of hydrogen-bond acceptors (Lipinski definition) is 7. The summed E-state index contributed by atoms with van der Waals surface area (Å²) in [5.74, 6) is -0.100. The molecule has 11 heteroatoms. The molecule has 4 aromatic rings. The molecule has 1 amide bonds. The molecule has 0 bridgehead atoms. The number of carbonyl (C=O) groups is 1. The molecule has 0 spiro atoms. The first-order valence-electron chi connectivity index (χ1n) is 17.2. The monoisotopic (exact) mass is 664 g/mol. The number of benzene rings is 1. The smallest absolute Gasteiger partial charge is 0.274 e. The summed E-state index contributed by atoms with van der Waals surface area (Å²) < 4.78 is 24.3. The van der Waals surface area contributed by atoms with E-state index in [0.717, 1.165) is 51.4 Å². The van der Waals surface area contributed by atoms with E-state index in [1.807, 2.05) is 24.4 Å². The second kappa shape index (κ2) is 11.8. The standard InChI is InChI=1S/C38H43FN7O3/c1-23-19-43(29-21-49-22-29)8-9-44(23)28-6-7-35(40-18-28)41-31-12-26(20-42(5)36(31)47)30-14-27(39)15-32(24(30)2)46-11-10-45-33(37(46)48)13-25-16-38(3,4)17-34(25)45/h6-7,12-15,18,20,23,29H,2,8-11,16-17,19,21-22H2,1,3-5H3,(H,40,41)/t23-/m0/s1. The van der Waals surface area contributed by atoms with E-state index in [1.165, 1.54) is 28.0 Å².